The van der Waals surface area contributed by atoms with Gasteiger partial charge in [-0.15, -0.1) is 0 Å². The minimum absolute atomic E-state index is 0.0509. The number of aliphatic carboxylic acids is 1. The summed E-state index contributed by atoms with van der Waals surface area (Å²) in [5.74, 6) is -1.17. The molecule has 0 unspecified atom stereocenters. The van der Waals surface area contributed by atoms with Crippen LogP contribution in [0.4, 0.5) is 4.79 Å². The number of alkyl carbamates (subject to hydrolysis) is 1. The summed E-state index contributed by atoms with van der Waals surface area (Å²) in [6.45, 7) is 1.12. The Balaban J connectivity index is 0.000000271. The van der Waals surface area contributed by atoms with E-state index in [1.807, 2.05) is 30.3 Å². The fourth-order valence-electron chi connectivity index (χ4n) is 1.69. The first-order valence-corrected chi connectivity index (χ1v) is 7.35. The highest BCUT2D eigenvalue weighted by molar-refractivity contribution is 5.96. The lowest BCUT2D eigenvalue weighted by Crippen LogP contribution is -2.29. The molecule has 2 rings (SSSR count). The van der Waals surface area contributed by atoms with Crippen LogP contribution in [0.2, 0.25) is 0 Å². The molecule has 0 radical (unpaired) electrons. The first-order chi connectivity index (χ1) is 11.9. The summed E-state index contributed by atoms with van der Waals surface area (Å²) in [6, 6.07) is 15.6. The molecule has 2 aromatic rings. The van der Waals surface area contributed by atoms with Gasteiger partial charge in [0, 0.05) is 0 Å². The molecule has 0 aliphatic rings. The van der Waals surface area contributed by atoms with E-state index in [1.165, 1.54) is 13.0 Å². The minimum atomic E-state index is -1.10. The second kappa shape index (κ2) is 10.4. The number of phenolic OH excluding ortho intramolecular Hbond substituents is 1. The zero-order valence-corrected chi connectivity index (χ0v) is 13.6. The second-order valence-corrected chi connectivity index (χ2v) is 4.88. The molecule has 7 heteroatoms. The van der Waals surface area contributed by atoms with E-state index in [0.717, 1.165) is 5.56 Å². The summed E-state index contributed by atoms with van der Waals surface area (Å²) in [4.78, 5) is 31.7. The van der Waals surface area contributed by atoms with Crippen LogP contribution in [-0.2, 0) is 16.1 Å². The Bertz CT molecular complexity index is 715. The van der Waals surface area contributed by atoms with Crippen LogP contribution in [0.1, 0.15) is 22.8 Å². The van der Waals surface area contributed by atoms with E-state index in [9.17, 15) is 14.4 Å². The van der Waals surface area contributed by atoms with Crippen molar-refractivity contribution in [2.24, 2.45) is 0 Å². The Morgan fingerprint density at radius 1 is 1.00 bits per heavy atom. The van der Waals surface area contributed by atoms with Gasteiger partial charge in [-0.25, -0.2) is 4.79 Å². The van der Waals surface area contributed by atoms with Gasteiger partial charge in [0.2, 0.25) is 0 Å². The van der Waals surface area contributed by atoms with Crippen LogP contribution in [0.5, 0.6) is 5.75 Å². The van der Waals surface area contributed by atoms with E-state index in [2.05, 4.69) is 5.32 Å². The minimum Gasteiger partial charge on any atom is -0.507 e. The van der Waals surface area contributed by atoms with E-state index in [1.54, 1.807) is 18.2 Å². The molecule has 0 atom stereocenters. The van der Waals surface area contributed by atoms with Gasteiger partial charge >= 0.3 is 12.1 Å². The van der Waals surface area contributed by atoms with E-state index in [4.69, 9.17) is 14.9 Å². The quantitative estimate of drug-likeness (QED) is 0.718. The van der Waals surface area contributed by atoms with Gasteiger partial charge in [-0.05, 0) is 24.6 Å². The third kappa shape index (κ3) is 8.17. The van der Waals surface area contributed by atoms with Gasteiger partial charge in [-0.2, -0.15) is 0 Å². The molecule has 0 heterocycles. The molecule has 25 heavy (non-hydrogen) atoms. The van der Waals surface area contributed by atoms with Crippen molar-refractivity contribution < 1.29 is 29.3 Å². The lowest BCUT2D eigenvalue weighted by Gasteiger charge is -2.04. The Kier molecular flexibility index (Phi) is 8.22. The molecule has 0 aliphatic heterocycles. The lowest BCUT2D eigenvalue weighted by molar-refractivity contribution is -0.135. The number of phenols is 1. The molecule has 7 nitrogen and oxygen atoms in total. The molecule has 132 valence electrons. The van der Waals surface area contributed by atoms with Crippen molar-refractivity contribution in [1.29, 1.82) is 0 Å². The third-order valence-electron chi connectivity index (χ3n) is 2.88. The third-order valence-corrected chi connectivity index (χ3v) is 2.88. The number of carboxylic acid groups (broad SMARTS) is 1. The smallest absolute Gasteiger partial charge is 0.407 e. The molecule has 3 N–H and O–H groups in total. The first-order valence-electron chi connectivity index (χ1n) is 7.35. The Morgan fingerprint density at radius 3 is 2.12 bits per heavy atom. The normalized spacial score (nSPS) is 9.32. The predicted octanol–water partition coefficient (Wildman–Crippen LogP) is 2.59. The molecule has 0 aromatic heterocycles. The Labute approximate surface area is 144 Å². The number of ether oxygens (including phenoxy) is 1. The first kappa shape index (κ1) is 19.7. The SMILES string of the molecule is CC(=O)c1ccccc1O.O=C(O)CNC(=O)OCc1ccccc1. The largest absolute Gasteiger partial charge is 0.507 e. The van der Waals surface area contributed by atoms with Crippen molar-refractivity contribution >= 4 is 17.8 Å². The standard InChI is InChI=1S/C10H11NO4.C8H8O2/c12-9(13)6-11-10(14)15-7-8-4-2-1-3-5-8;1-6(9)7-4-2-3-5-8(7)10/h1-5H,6-7H2,(H,11,14)(H,12,13);2-5,10H,1H3. The number of hydrogen-bond donors (Lipinski definition) is 3. The van der Waals surface area contributed by atoms with Crippen molar-refractivity contribution in [3.05, 3.63) is 65.7 Å². The fourth-order valence-corrected chi connectivity index (χ4v) is 1.69. The van der Waals surface area contributed by atoms with Crippen molar-refractivity contribution in [2.75, 3.05) is 6.54 Å². The number of aromatic hydroxyl groups is 1. The number of hydrogen-bond acceptors (Lipinski definition) is 5. The number of ketones is 1. The molecule has 1 amide bonds. The zero-order valence-electron chi connectivity index (χ0n) is 13.6. The molecule has 0 aliphatic carbocycles. The van der Waals surface area contributed by atoms with E-state index in [0.29, 0.717) is 5.56 Å². The molecule has 0 spiro atoms. The monoisotopic (exact) mass is 345 g/mol. The van der Waals surface area contributed by atoms with Crippen LogP contribution in [-0.4, -0.2) is 34.6 Å². The second-order valence-electron chi connectivity index (χ2n) is 4.88. The average Bonchev–Trinajstić information content (AvgIpc) is 2.60. The van der Waals surface area contributed by atoms with Gasteiger partial charge in [0.15, 0.2) is 5.78 Å². The van der Waals surface area contributed by atoms with Gasteiger partial charge in [0.25, 0.3) is 0 Å². The topological polar surface area (TPSA) is 113 Å². The fraction of sp³-hybridized carbons (Fsp3) is 0.167. The summed E-state index contributed by atoms with van der Waals surface area (Å²) in [5.41, 5.74) is 1.23. The lowest BCUT2D eigenvalue weighted by atomic mass is 10.1. The number of benzene rings is 2. The number of carboxylic acids is 1. The summed E-state index contributed by atoms with van der Waals surface area (Å²) in [6.07, 6.45) is -0.735. The predicted molar refractivity (Wildman–Crippen MR) is 90.4 cm³/mol. The number of rotatable bonds is 5. The van der Waals surface area contributed by atoms with Crippen LogP contribution in [0.3, 0.4) is 0 Å². The number of Topliss-reactive ketones (excluding diaryl/α,β-unsaturated/α-hetero) is 1. The van der Waals surface area contributed by atoms with E-state index in [-0.39, 0.29) is 18.1 Å². The van der Waals surface area contributed by atoms with Gasteiger partial charge < -0.3 is 20.3 Å². The molecule has 0 bridgehead atoms. The van der Waals surface area contributed by atoms with Gasteiger partial charge in [0.1, 0.15) is 18.9 Å². The maximum atomic E-state index is 10.9. The van der Waals surface area contributed by atoms with Crippen molar-refractivity contribution in [2.45, 2.75) is 13.5 Å². The number of amides is 1. The van der Waals surface area contributed by atoms with E-state index < -0.39 is 18.6 Å². The maximum Gasteiger partial charge on any atom is 0.407 e. The molecule has 0 saturated carbocycles. The number of carbonyl (C=O) groups is 3. The Hall–Kier alpha value is -3.35. The summed E-state index contributed by atoms with van der Waals surface area (Å²) >= 11 is 0. The van der Waals surface area contributed by atoms with Crippen molar-refractivity contribution in [3.63, 3.8) is 0 Å². The van der Waals surface area contributed by atoms with Gasteiger partial charge in [0.05, 0.1) is 5.56 Å². The maximum absolute atomic E-state index is 10.9. The summed E-state index contributed by atoms with van der Waals surface area (Å²) in [7, 11) is 0. The average molecular weight is 345 g/mol. The van der Waals surface area contributed by atoms with Crippen molar-refractivity contribution in [1.82, 2.24) is 5.32 Å². The zero-order chi connectivity index (χ0) is 18.7. The number of carbonyl (C=O) groups excluding carboxylic acids is 2. The van der Waals surface area contributed by atoms with E-state index >= 15 is 0 Å². The molecule has 0 saturated heterocycles. The van der Waals surface area contributed by atoms with Gasteiger partial charge in [-0.1, -0.05) is 42.5 Å². The summed E-state index contributed by atoms with van der Waals surface area (Å²) < 4.78 is 4.77. The number of nitrogens with one attached hydrogen (secondary N) is 1. The van der Waals surface area contributed by atoms with Crippen LogP contribution in [0, 0.1) is 0 Å². The molecule has 2 aromatic carbocycles. The van der Waals surface area contributed by atoms with Gasteiger partial charge in [-0.3, -0.25) is 9.59 Å². The molecule has 0 fully saturated rings. The van der Waals surface area contributed by atoms with Crippen LogP contribution < -0.4 is 5.32 Å². The molecular weight excluding hydrogens is 326 g/mol. The van der Waals surface area contributed by atoms with Crippen molar-refractivity contribution in [3.8, 4) is 5.75 Å². The highest BCUT2D eigenvalue weighted by Crippen LogP contribution is 2.15. The van der Waals surface area contributed by atoms with Crippen LogP contribution in [0.25, 0.3) is 0 Å². The summed E-state index contributed by atoms with van der Waals surface area (Å²) in [5, 5.41) is 19.4. The highest BCUT2D eigenvalue weighted by Gasteiger charge is 2.04. The molecular formula is C18H19NO6. The highest BCUT2D eigenvalue weighted by atomic mass is 16.5. The Morgan fingerprint density at radius 2 is 1.60 bits per heavy atom. The van der Waals surface area contributed by atoms with Crippen LogP contribution >= 0.6 is 0 Å². The van der Waals surface area contributed by atoms with Crippen LogP contribution in [0.15, 0.2) is 54.6 Å². The number of para-hydroxylation sites is 1.